The first-order chi connectivity index (χ1) is 15.1. The van der Waals surface area contributed by atoms with Crippen molar-refractivity contribution in [2.45, 2.75) is 58.2 Å². The summed E-state index contributed by atoms with van der Waals surface area (Å²) in [6.07, 6.45) is 5.74. The summed E-state index contributed by atoms with van der Waals surface area (Å²) in [6, 6.07) is 20.3. The second kappa shape index (κ2) is 7.63. The average molecular weight is 416 g/mol. The van der Waals surface area contributed by atoms with Crippen LogP contribution in [0.4, 0.5) is 0 Å². The molecule has 3 nitrogen and oxygen atoms in total. The number of hydrogen-bond acceptors (Lipinski definition) is 2. The molecule has 1 saturated carbocycles. The molecule has 1 aliphatic carbocycles. The minimum absolute atomic E-state index is 0.477. The summed E-state index contributed by atoms with van der Waals surface area (Å²) in [5, 5.41) is 1.24. The van der Waals surface area contributed by atoms with E-state index in [1.54, 1.807) is 7.11 Å². The van der Waals surface area contributed by atoms with Crippen molar-refractivity contribution in [2.24, 2.45) is 11.8 Å². The highest BCUT2D eigenvalue weighted by atomic mass is 16.5. The quantitative estimate of drug-likeness (QED) is 0.441. The predicted octanol–water partition coefficient (Wildman–Crippen LogP) is 6.01. The molecule has 0 N–H and O–H groups in total. The van der Waals surface area contributed by atoms with E-state index >= 15 is 0 Å². The van der Waals surface area contributed by atoms with Crippen molar-refractivity contribution < 1.29 is 9.22 Å². The zero-order chi connectivity index (χ0) is 21.6. The van der Waals surface area contributed by atoms with Crippen LogP contribution in [0.2, 0.25) is 0 Å². The monoisotopic (exact) mass is 415 g/mol. The number of fused-ring (bicyclic) bond motifs is 1. The van der Waals surface area contributed by atoms with Gasteiger partial charge in [0.05, 0.1) is 31.6 Å². The molecule has 3 aromatic rings. The van der Waals surface area contributed by atoms with E-state index in [1.165, 1.54) is 40.4 Å². The Morgan fingerprint density at radius 3 is 2.58 bits per heavy atom. The van der Waals surface area contributed by atoms with Crippen molar-refractivity contribution in [3.63, 3.8) is 0 Å². The fourth-order valence-electron chi connectivity index (χ4n) is 7.29. The Morgan fingerprint density at radius 1 is 1.10 bits per heavy atom. The molecule has 5 atom stereocenters. The highest BCUT2D eigenvalue weighted by Crippen LogP contribution is 2.70. The number of ether oxygens (including phenoxy) is 1. The maximum absolute atomic E-state index is 5.52. The smallest absolute Gasteiger partial charge is 0.119 e. The minimum Gasteiger partial charge on any atom is -0.497 e. The topological polar surface area (TPSA) is 22.1 Å². The van der Waals surface area contributed by atoms with Gasteiger partial charge in [0.2, 0.25) is 0 Å². The molecule has 1 spiro atoms. The third kappa shape index (κ3) is 2.93. The van der Waals surface area contributed by atoms with Crippen LogP contribution in [0.3, 0.4) is 0 Å². The molecule has 1 saturated heterocycles. The summed E-state index contributed by atoms with van der Waals surface area (Å²) in [5.41, 5.74) is 4.43. The van der Waals surface area contributed by atoms with Crippen molar-refractivity contribution in [1.82, 2.24) is 4.98 Å². The van der Waals surface area contributed by atoms with Crippen LogP contribution in [0.25, 0.3) is 10.9 Å². The molecule has 31 heavy (non-hydrogen) atoms. The lowest BCUT2D eigenvalue weighted by molar-refractivity contribution is -1.04. The van der Waals surface area contributed by atoms with Crippen LogP contribution in [0.1, 0.15) is 44.7 Å². The van der Waals surface area contributed by atoms with Crippen molar-refractivity contribution >= 4 is 10.9 Å². The SMILES string of the molecule is CCC1C(C)C12CC(Cc1ccnc3ccc(OC)cc13)[N+]2(CC)Cc1ccccc1. The molecule has 0 radical (unpaired) electrons. The van der Waals surface area contributed by atoms with Crippen molar-refractivity contribution in [3.8, 4) is 5.75 Å². The fraction of sp³-hybridized carbons (Fsp3) is 0.464. The minimum atomic E-state index is 0.477. The lowest BCUT2D eigenvalue weighted by atomic mass is 9.77. The number of likely N-dealkylation sites (N-methyl/N-ethyl adjacent to an activating group) is 1. The number of quaternary nitrogens is 1. The maximum atomic E-state index is 5.52. The van der Waals surface area contributed by atoms with E-state index in [-0.39, 0.29) is 0 Å². The van der Waals surface area contributed by atoms with Crippen LogP contribution in [0, 0.1) is 11.8 Å². The van der Waals surface area contributed by atoms with Gasteiger partial charge in [-0.3, -0.25) is 4.98 Å². The van der Waals surface area contributed by atoms with Gasteiger partial charge in [-0.2, -0.15) is 0 Å². The third-order valence-electron chi connectivity index (χ3n) is 8.82. The summed E-state index contributed by atoms with van der Waals surface area (Å²) < 4.78 is 6.76. The molecule has 162 valence electrons. The molecule has 2 fully saturated rings. The van der Waals surface area contributed by atoms with Crippen LogP contribution in [0.5, 0.6) is 5.75 Å². The average Bonchev–Trinajstić information content (AvgIpc) is 3.43. The molecule has 1 aliphatic heterocycles. The summed E-state index contributed by atoms with van der Waals surface area (Å²) in [5.74, 6) is 2.60. The van der Waals surface area contributed by atoms with Gasteiger partial charge >= 0.3 is 0 Å². The summed E-state index contributed by atoms with van der Waals surface area (Å²) in [7, 11) is 1.74. The molecule has 3 heteroatoms. The number of benzene rings is 2. The Bertz CT molecular complexity index is 1080. The van der Waals surface area contributed by atoms with E-state index < -0.39 is 0 Å². The van der Waals surface area contributed by atoms with E-state index in [9.17, 15) is 0 Å². The number of pyridine rings is 1. The number of rotatable bonds is 7. The van der Waals surface area contributed by atoms with E-state index in [1.807, 2.05) is 12.3 Å². The Hall–Kier alpha value is -2.39. The number of nitrogens with zero attached hydrogens (tertiary/aromatic N) is 2. The molecular formula is C28H35N2O+. The van der Waals surface area contributed by atoms with Crippen LogP contribution < -0.4 is 4.74 Å². The summed E-state index contributed by atoms with van der Waals surface area (Å²) in [6.45, 7) is 9.66. The number of aromatic nitrogens is 1. The zero-order valence-corrected chi connectivity index (χ0v) is 19.3. The lowest BCUT2D eigenvalue weighted by Crippen LogP contribution is -2.74. The van der Waals surface area contributed by atoms with Gasteiger partial charge in [-0.25, -0.2) is 0 Å². The molecule has 0 bridgehead atoms. The van der Waals surface area contributed by atoms with E-state index in [0.717, 1.165) is 36.1 Å². The van der Waals surface area contributed by atoms with Gasteiger partial charge in [0.1, 0.15) is 17.8 Å². The Morgan fingerprint density at radius 2 is 1.90 bits per heavy atom. The van der Waals surface area contributed by atoms with Gasteiger partial charge in [-0.1, -0.05) is 44.2 Å². The first-order valence-corrected chi connectivity index (χ1v) is 11.9. The standard InChI is InChI=1S/C28H35N2O/c1-5-26-20(3)28(26)18-23(30(28,6-2)19-21-10-8-7-9-11-21)16-22-14-15-29-27-13-12-24(31-4)17-25(22)27/h7-15,17,20,23,26H,5-6,16,18-19H2,1-4H3/q+1. The Balaban J connectivity index is 1.52. The third-order valence-corrected chi connectivity index (χ3v) is 8.82. The molecule has 5 unspecified atom stereocenters. The summed E-state index contributed by atoms with van der Waals surface area (Å²) >= 11 is 0. The maximum Gasteiger partial charge on any atom is 0.119 e. The number of hydrogen-bond donors (Lipinski definition) is 0. The van der Waals surface area contributed by atoms with Crippen LogP contribution >= 0.6 is 0 Å². The number of methoxy groups -OCH3 is 1. The highest BCUT2D eigenvalue weighted by Gasteiger charge is 2.81. The number of likely N-dealkylation sites (tertiary alicyclic amines) is 1. The van der Waals surface area contributed by atoms with Crippen LogP contribution in [0.15, 0.2) is 60.8 Å². The largest absolute Gasteiger partial charge is 0.497 e. The zero-order valence-electron chi connectivity index (χ0n) is 19.3. The Kier molecular flexibility index (Phi) is 5.05. The van der Waals surface area contributed by atoms with Gasteiger partial charge in [-0.15, -0.1) is 0 Å². The Labute approximate surface area is 186 Å². The predicted molar refractivity (Wildman–Crippen MR) is 127 cm³/mol. The molecule has 2 aliphatic rings. The van der Waals surface area contributed by atoms with Gasteiger partial charge in [0.15, 0.2) is 0 Å². The molecule has 1 aromatic heterocycles. The lowest BCUT2D eigenvalue weighted by Gasteiger charge is -2.61. The summed E-state index contributed by atoms with van der Waals surface area (Å²) in [4.78, 5) is 4.61. The fourth-order valence-corrected chi connectivity index (χ4v) is 7.29. The molecule has 2 heterocycles. The van der Waals surface area contributed by atoms with Gasteiger partial charge in [0.25, 0.3) is 0 Å². The molecule has 0 amide bonds. The molecule has 2 aromatic carbocycles. The van der Waals surface area contributed by atoms with Crippen molar-refractivity contribution in [2.75, 3.05) is 13.7 Å². The molecule has 5 rings (SSSR count). The van der Waals surface area contributed by atoms with Crippen LogP contribution in [-0.4, -0.2) is 34.7 Å². The van der Waals surface area contributed by atoms with Crippen molar-refractivity contribution in [3.05, 3.63) is 71.9 Å². The van der Waals surface area contributed by atoms with E-state index in [4.69, 9.17) is 4.74 Å². The molecular weight excluding hydrogens is 380 g/mol. The second-order valence-corrected chi connectivity index (χ2v) is 9.70. The van der Waals surface area contributed by atoms with E-state index in [0.29, 0.717) is 11.6 Å². The highest BCUT2D eigenvalue weighted by molar-refractivity contribution is 5.83. The first kappa shape index (κ1) is 20.5. The van der Waals surface area contributed by atoms with E-state index in [2.05, 4.69) is 74.3 Å². The second-order valence-electron chi connectivity index (χ2n) is 9.70. The van der Waals surface area contributed by atoms with Gasteiger partial charge in [-0.05, 0) is 43.2 Å². The van der Waals surface area contributed by atoms with Crippen molar-refractivity contribution in [1.29, 1.82) is 0 Å². The normalized spacial score (nSPS) is 31.5. The first-order valence-electron chi connectivity index (χ1n) is 11.9. The van der Waals surface area contributed by atoms with Gasteiger partial charge in [0, 0.05) is 35.4 Å². The van der Waals surface area contributed by atoms with Gasteiger partial charge < -0.3 is 9.22 Å². The van der Waals surface area contributed by atoms with Crippen LogP contribution in [-0.2, 0) is 13.0 Å².